The molecule has 92 valence electrons. The molecule has 0 aliphatic rings. The number of carboxylic acids is 1. The Hall–Kier alpha value is -2.16. The van der Waals surface area contributed by atoms with Crippen LogP contribution in [0.3, 0.4) is 0 Å². The molecule has 0 aliphatic heterocycles. The van der Waals surface area contributed by atoms with Gasteiger partial charge in [0.2, 0.25) is 10.0 Å². The first-order valence-electron chi connectivity index (χ1n) is 4.20. The Morgan fingerprint density at radius 2 is 2.06 bits per heavy atom. The smallest absolute Gasteiger partial charge is 0.342 e. The van der Waals surface area contributed by atoms with Gasteiger partial charge < -0.3 is 5.11 Å². The summed E-state index contributed by atoms with van der Waals surface area (Å²) in [5, 5.41) is 19.3. The van der Waals surface area contributed by atoms with Gasteiger partial charge in [-0.1, -0.05) is 0 Å². The third kappa shape index (κ3) is 3.41. The van der Waals surface area contributed by atoms with Gasteiger partial charge in [0.15, 0.2) is 0 Å². The van der Waals surface area contributed by atoms with Crippen LogP contribution in [0.15, 0.2) is 18.2 Å². The predicted octanol–water partition coefficient (Wildman–Crippen LogP) is 0.664. The Morgan fingerprint density at radius 3 is 2.47 bits per heavy atom. The van der Waals surface area contributed by atoms with Gasteiger partial charge in [-0.2, -0.15) is 0 Å². The second kappa shape index (κ2) is 4.37. The van der Waals surface area contributed by atoms with Gasteiger partial charge in [-0.25, -0.2) is 13.2 Å². The Bertz CT molecular complexity index is 580. The Labute approximate surface area is 96.1 Å². The molecule has 2 N–H and O–H groups in total. The molecule has 0 spiro atoms. The third-order valence-corrected chi connectivity index (χ3v) is 2.33. The lowest BCUT2D eigenvalue weighted by atomic mass is 10.1. The number of anilines is 1. The SMILES string of the molecule is CS(=O)(=O)Nc1ccc([N+](=O)[O-])c(C(=O)O)c1. The number of nitro benzene ring substituents is 1. The molecular weight excluding hydrogens is 252 g/mol. The van der Waals surface area contributed by atoms with Gasteiger partial charge in [-0.3, -0.25) is 14.8 Å². The summed E-state index contributed by atoms with van der Waals surface area (Å²) in [5.74, 6) is -1.51. The van der Waals surface area contributed by atoms with Crippen molar-refractivity contribution in [3.63, 3.8) is 0 Å². The number of hydrogen-bond acceptors (Lipinski definition) is 5. The normalized spacial score (nSPS) is 10.9. The van der Waals surface area contributed by atoms with Crippen LogP contribution in [0.1, 0.15) is 10.4 Å². The summed E-state index contributed by atoms with van der Waals surface area (Å²) in [6.45, 7) is 0. The lowest BCUT2D eigenvalue weighted by molar-refractivity contribution is -0.385. The average molecular weight is 260 g/mol. The molecule has 0 aromatic heterocycles. The summed E-state index contributed by atoms with van der Waals surface area (Å²) in [6, 6.07) is 2.93. The van der Waals surface area contributed by atoms with Gasteiger partial charge in [0, 0.05) is 11.8 Å². The van der Waals surface area contributed by atoms with E-state index < -0.39 is 32.2 Å². The van der Waals surface area contributed by atoms with Gasteiger partial charge in [0.1, 0.15) is 5.56 Å². The molecule has 1 aromatic rings. The van der Waals surface area contributed by atoms with Crippen LogP contribution in [0, 0.1) is 10.1 Å². The summed E-state index contributed by atoms with van der Waals surface area (Å²) in [5.41, 5.74) is -1.23. The van der Waals surface area contributed by atoms with Crippen LogP contribution >= 0.6 is 0 Å². The van der Waals surface area contributed by atoms with Crippen molar-refractivity contribution < 1.29 is 23.2 Å². The first-order chi connectivity index (χ1) is 7.70. The monoisotopic (exact) mass is 260 g/mol. The van der Waals surface area contributed by atoms with E-state index in [2.05, 4.69) is 0 Å². The van der Waals surface area contributed by atoms with Crippen molar-refractivity contribution in [1.29, 1.82) is 0 Å². The predicted molar refractivity (Wildman–Crippen MR) is 58.5 cm³/mol. The highest BCUT2D eigenvalue weighted by atomic mass is 32.2. The molecule has 0 fully saturated rings. The number of carboxylic acid groups (broad SMARTS) is 1. The first-order valence-corrected chi connectivity index (χ1v) is 6.09. The van der Waals surface area contributed by atoms with Crippen LogP contribution in [-0.2, 0) is 10.0 Å². The highest BCUT2D eigenvalue weighted by Gasteiger charge is 2.20. The van der Waals surface area contributed by atoms with Crippen LogP contribution in [-0.4, -0.2) is 30.7 Å². The molecule has 17 heavy (non-hydrogen) atoms. The lowest BCUT2D eigenvalue weighted by Crippen LogP contribution is -2.11. The first kappa shape index (κ1) is 12.9. The van der Waals surface area contributed by atoms with Crippen LogP contribution in [0.2, 0.25) is 0 Å². The number of nitro groups is 1. The second-order valence-electron chi connectivity index (χ2n) is 3.17. The van der Waals surface area contributed by atoms with E-state index in [9.17, 15) is 23.3 Å². The summed E-state index contributed by atoms with van der Waals surface area (Å²) >= 11 is 0. The van der Waals surface area contributed by atoms with Gasteiger partial charge in [0.05, 0.1) is 11.2 Å². The van der Waals surface area contributed by atoms with Crippen LogP contribution in [0.4, 0.5) is 11.4 Å². The maximum atomic E-state index is 10.9. The molecule has 0 bridgehead atoms. The van der Waals surface area contributed by atoms with E-state index in [1.54, 1.807) is 0 Å². The fourth-order valence-electron chi connectivity index (χ4n) is 1.14. The van der Waals surface area contributed by atoms with Gasteiger partial charge >= 0.3 is 5.97 Å². The average Bonchev–Trinajstić information content (AvgIpc) is 2.14. The molecule has 1 aromatic carbocycles. The fourth-order valence-corrected chi connectivity index (χ4v) is 1.70. The summed E-state index contributed by atoms with van der Waals surface area (Å²) < 4.78 is 23.8. The molecule has 0 saturated heterocycles. The topological polar surface area (TPSA) is 127 Å². The summed E-state index contributed by atoms with van der Waals surface area (Å²) in [7, 11) is -3.57. The summed E-state index contributed by atoms with van der Waals surface area (Å²) in [6.07, 6.45) is 0.884. The third-order valence-electron chi connectivity index (χ3n) is 1.73. The summed E-state index contributed by atoms with van der Waals surface area (Å²) in [4.78, 5) is 20.4. The van der Waals surface area contributed by atoms with Crippen molar-refractivity contribution in [1.82, 2.24) is 0 Å². The maximum Gasteiger partial charge on any atom is 0.342 e. The number of hydrogen-bond donors (Lipinski definition) is 2. The van der Waals surface area contributed by atoms with Crippen LogP contribution in [0.25, 0.3) is 0 Å². The molecule has 0 unspecified atom stereocenters. The Morgan fingerprint density at radius 1 is 1.47 bits per heavy atom. The van der Waals surface area contributed by atoms with Gasteiger partial charge in [-0.15, -0.1) is 0 Å². The van der Waals surface area contributed by atoms with E-state index >= 15 is 0 Å². The highest BCUT2D eigenvalue weighted by molar-refractivity contribution is 7.92. The quantitative estimate of drug-likeness (QED) is 0.604. The zero-order valence-corrected chi connectivity index (χ0v) is 9.39. The Kier molecular flexibility index (Phi) is 3.32. The van der Waals surface area contributed by atoms with Crippen molar-refractivity contribution in [3.05, 3.63) is 33.9 Å². The minimum absolute atomic E-state index is 0.0458. The van der Waals surface area contributed by atoms with Gasteiger partial charge in [0.25, 0.3) is 5.69 Å². The molecule has 8 nitrogen and oxygen atoms in total. The number of sulfonamides is 1. The minimum Gasteiger partial charge on any atom is -0.477 e. The van der Waals surface area contributed by atoms with E-state index in [0.717, 1.165) is 24.5 Å². The van der Waals surface area contributed by atoms with E-state index in [0.29, 0.717) is 0 Å². The van der Waals surface area contributed by atoms with Crippen molar-refractivity contribution in [2.45, 2.75) is 0 Å². The molecule has 0 radical (unpaired) electrons. The number of nitrogens with zero attached hydrogens (tertiary/aromatic N) is 1. The number of nitrogens with one attached hydrogen (secondary N) is 1. The van der Waals surface area contributed by atoms with Crippen molar-refractivity contribution in [3.8, 4) is 0 Å². The second-order valence-corrected chi connectivity index (χ2v) is 4.92. The van der Waals surface area contributed by atoms with Crippen molar-refractivity contribution >= 4 is 27.4 Å². The molecule has 0 amide bonds. The lowest BCUT2D eigenvalue weighted by Gasteiger charge is -2.04. The molecular formula is C8H8N2O6S. The molecule has 1 rings (SSSR count). The molecule has 0 aliphatic carbocycles. The van der Waals surface area contributed by atoms with Crippen molar-refractivity contribution in [2.75, 3.05) is 11.0 Å². The Balaban J connectivity index is 3.28. The van der Waals surface area contributed by atoms with E-state index in [1.165, 1.54) is 0 Å². The molecule has 0 atom stereocenters. The maximum absolute atomic E-state index is 10.9. The zero-order valence-electron chi connectivity index (χ0n) is 8.58. The van der Waals surface area contributed by atoms with Crippen LogP contribution < -0.4 is 4.72 Å². The molecule has 9 heteroatoms. The van der Waals surface area contributed by atoms with E-state index in [1.807, 2.05) is 4.72 Å². The van der Waals surface area contributed by atoms with Crippen molar-refractivity contribution in [2.24, 2.45) is 0 Å². The molecule has 0 heterocycles. The van der Waals surface area contributed by atoms with E-state index in [-0.39, 0.29) is 5.69 Å². The van der Waals surface area contributed by atoms with Gasteiger partial charge in [-0.05, 0) is 12.1 Å². The standard InChI is InChI=1S/C8H8N2O6S/c1-17(15,16)9-5-2-3-7(10(13)14)6(4-5)8(11)12/h2-4,9H,1H3,(H,11,12). The van der Waals surface area contributed by atoms with Crippen LogP contribution in [0.5, 0.6) is 0 Å². The number of carbonyl (C=O) groups is 1. The highest BCUT2D eigenvalue weighted by Crippen LogP contribution is 2.23. The number of benzene rings is 1. The minimum atomic E-state index is -3.57. The van der Waals surface area contributed by atoms with E-state index in [4.69, 9.17) is 5.11 Å². The number of rotatable bonds is 4. The number of aromatic carboxylic acids is 1. The molecule has 0 saturated carbocycles. The fraction of sp³-hybridized carbons (Fsp3) is 0.125. The largest absolute Gasteiger partial charge is 0.477 e. The zero-order chi connectivity index (χ0) is 13.2.